The summed E-state index contributed by atoms with van der Waals surface area (Å²) < 4.78 is 0. The fourth-order valence-electron chi connectivity index (χ4n) is 2.77. The van der Waals surface area contributed by atoms with Crippen LogP contribution in [0.4, 0.5) is 16.2 Å². The Morgan fingerprint density at radius 1 is 1.18 bits per heavy atom. The predicted molar refractivity (Wildman–Crippen MR) is 104 cm³/mol. The zero-order valence-corrected chi connectivity index (χ0v) is 15.5. The van der Waals surface area contributed by atoms with Gasteiger partial charge in [0.2, 0.25) is 11.8 Å². The van der Waals surface area contributed by atoms with Crippen LogP contribution in [0.1, 0.15) is 22.3 Å². The molecule has 1 atom stereocenters. The number of carbonyl (C=O) groups excluding carboxylic acids is 3. The molecule has 0 aliphatic carbocycles. The first-order valence-electron chi connectivity index (χ1n) is 8.23. The molecule has 3 amide bonds. The van der Waals surface area contributed by atoms with E-state index in [-0.39, 0.29) is 29.1 Å². The van der Waals surface area contributed by atoms with Gasteiger partial charge in [-0.1, -0.05) is 12.1 Å². The number of aromatic hydroxyl groups is 1. The van der Waals surface area contributed by atoms with Gasteiger partial charge in [-0.3, -0.25) is 14.4 Å². The van der Waals surface area contributed by atoms with Crippen molar-refractivity contribution >= 4 is 46.2 Å². The quantitative estimate of drug-likeness (QED) is 0.705. The SMILES string of the molecule is Cc1ccc(C(=O)O)c(NC(=O)CC2SC(=O)N(c3cccc(O)c3)C2=O)c1. The number of hydrogen-bond donors (Lipinski definition) is 3. The molecule has 1 aliphatic heterocycles. The van der Waals surface area contributed by atoms with E-state index in [9.17, 15) is 29.4 Å². The van der Waals surface area contributed by atoms with Gasteiger partial charge in [0.05, 0.1) is 16.9 Å². The van der Waals surface area contributed by atoms with Gasteiger partial charge in [-0.2, -0.15) is 0 Å². The number of nitrogens with one attached hydrogen (secondary N) is 1. The summed E-state index contributed by atoms with van der Waals surface area (Å²) >= 11 is 0.714. The van der Waals surface area contributed by atoms with Crippen molar-refractivity contribution in [2.24, 2.45) is 0 Å². The molecule has 3 N–H and O–H groups in total. The van der Waals surface area contributed by atoms with E-state index in [0.717, 1.165) is 10.5 Å². The molecule has 1 heterocycles. The average molecular weight is 400 g/mol. The molecule has 0 spiro atoms. The van der Waals surface area contributed by atoms with Crippen LogP contribution in [-0.2, 0) is 9.59 Å². The number of carbonyl (C=O) groups is 4. The van der Waals surface area contributed by atoms with Crippen LogP contribution in [0.25, 0.3) is 0 Å². The zero-order chi connectivity index (χ0) is 20.4. The number of phenolic OH excluding ortho intramolecular Hbond substituents is 1. The van der Waals surface area contributed by atoms with Crippen molar-refractivity contribution in [1.82, 2.24) is 0 Å². The number of hydrogen-bond acceptors (Lipinski definition) is 6. The number of anilines is 2. The molecule has 0 saturated carbocycles. The number of imide groups is 1. The second kappa shape index (κ2) is 7.73. The zero-order valence-electron chi connectivity index (χ0n) is 14.7. The molecular weight excluding hydrogens is 384 g/mol. The molecule has 9 heteroatoms. The Hall–Kier alpha value is -3.33. The van der Waals surface area contributed by atoms with Crippen LogP contribution in [0.2, 0.25) is 0 Å². The first-order chi connectivity index (χ1) is 13.3. The third kappa shape index (κ3) is 3.99. The van der Waals surface area contributed by atoms with Gasteiger partial charge in [0.1, 0.15) is 11.0 Å². The standard InChI is InChI=1S/C19H16N2O6S/c1-10-5-6-13(18(25)26)14(7-10)20-16(23)9-15-17(24)21(19(27)28-15)11-3-2-4-12(22)8-11/h2-8,15,22H,9H2,1H3,(H,20,23)(H,25,26). The molecule has 2 aromatic carbocycles. The fourth-order valence-corrected chi connectivity index (χ4v) is 3.76. The molecule has 1 unspecified atom stereocenters. The van der Waals surface area contributed by atoms with Crippen molar-refractivity contribution in [3.8, 4) is 5.75 Å². The van der Waals surface area contributed by atoms with Crippen LogP contribution < -0.4 is 10.2 Å². The number of phenols is 1. The van der Waals surface area contributed by atoms with Crippen LogP contribution in [0.3, 0.4) is 0 Å². The summed E-state index contributed by atoms with van der Waals surface area (Å²) in [7, 11) is 0. The largest absolute Gasteiger partial charge is 0.508 e. The van der Waals surface area contributed by atoms with Gasteiger partial charge in [-0.05, 0) is 48.5 Å². The van der Waals surface area contributed by atoms with E-state index >= 15 is 0 Å². The smallest absolute Gasteiger partial charge is 0.337 e. The third-order valence-corrected chi connectivity index (χ3v) is 5.10. The fraction of sp³-hybridized carbons (Fsp3) is 0.158. The molecule has 0 aromatic heterocycles. The van der Waals surface area contributed by atoms with Gasteiger partial charge < -0.3 is 15.5 Å². The third-order valence-electron chi connectivity index (χ3n) is 4.06. The molecular formula is C19H16N2O6S. The Balaban J connectivity index is 1.73. The van der Waals surface area contributed by atoms with Crippen molar-refractivity contribution in [3.05, 3.63) is 53.6 Å². The number of carboxylic acids is 1. The van der Waals surface area contributed by atoms with E-state index in [1.54, 1.807) is 13.0 Å². The molecule has 3 rings (SSSR count). The Kier molecular flexibility index (Phi) is 5.36. The van der Waals surface area contributed by atoms with Crippen molar-refractivity contribution in [1.29, 1.82) is 0 Å². The summed E-state index contributed by atoms with van der Waals surface area (Å²) in [6.07, 6.45) is -0.294. The molecule has 1 saturated heterocycles. The van der Waals surface area contributed by atoms with Crippen LogP contribution in [-0.4, -0.2) is 38.5 Å². The van der Waals surface area contributed by atoms with Crippen molar-refractivity contribution in [2.75, 3.05) is 10.2 Å². The van der Waals surface area contributed by atoms with Gasteiger partial charge in [-0.25, -0.2) is 9.69 Å². The molecule has 0 bridgehead atoms. The maximum absolute atomic E-state index is 12.6. The Morgan fingerprint density at radius 3 is 2.61 bits per heavy atom. The Bertz CT molecular complexity index is 990. The number of amides is 3. The summed E-state index contributed by atoms with van der Waals surface area (Å²) in [6, 6.07) is 10.2. The van der Waals surface area contributed by atoms with Crippen LogP contribution in [0, 0.1) is 6.92 Å². The topological polar surface area (TPSA) is 124 Å². The normalized spacial score (nSPS) is 16.3. The predicted octanol–water partition coefficient (Wildman–Crippen LogP) is 3.00. The number of nitrogens with zero attached hydrogens (tertiary/aromatic N) is 1. The summed E-state index contributed by atoms with van der Waals surface area (Å²) in [4.78, 5) is 49.4. The maximum atomic E-state index is 12.6. The summed E-state index contributed by atoms with van der Waals surface area (Å²) in [5.41, 5.74) is 1.04. The molecule has 144 valence electrons. The number of aromatic carboxylic acids is 1. The van der Waals surface area contributed by atoms with Crippen LogP contribution in [0.15, 0.2) is 42.5 Å². The van der Waals surface area contributed by atoms with Crippen LogP contribution >= 0.6 is 11.8 Å². The minimum Gasteiger partial charge on any atom is -0.508 e. The lowest BCUT2D eigenvalue weighted by atomic mass is 10.1. The minimum atomic E-state index is -1.19. The number of aryl methyl sites for hydroxylation is 1. The van der Waals surface area contributed by atoms with E-state index in [1.165, 1.54) is 36.4 Å². The van der Waals surface area contributed by atoms with Gasteiger partial charge >= 0.3 is 5.97 Å². The molecule has 0 radical (unpaired) electrons. The Morgan fingerprint density at radius 2 is 1.93 bits per heavy atom. The number of thioether (sulfide) groups is 1. The summed E-state index contributed by atoms with van der Waals surface area (Å²) in [5.74, 6) is -2.43. The second-order valence-corrected chi connectivity index (χ2v) is 7.33. The molecule has 1 fully saturated rings. The Labute approximate surface area is 164 Å². The van der Waals surface area contributed by atoms with Crippen molar-refractivity contribution in [3.63, 3.8) is 0 Å². The first kappa shape index (κ1) is 19.4. The number of rotatable bonds is 5. The molecule has 28 heavy (non-hydrogen) atoms. The second-order valence-electron chi connectivity index (χ2n) is 6.17. The minimum absolute atomic E-state index is 0.0678. The highest BCUT2D eigenvalue weighted by Crippen LogP contribution is 2.34. The van der Waals surface area contributed by atoms with Gasteiger partial charge in [0, 0.05) is 12.5 Å². The van der Waals surface area contributed by atoms with Crippen LogP contribution in [0.5, 0.6) is 5.75 Å². The first-order valence-corrected chi connectivity index (χ1v) is 9.11. The highest BCUT2D eigenvalue weighted by Gasteiger charge is 2.41. The van der Waals surface area contributed by atoms with E-state index in [1.807, 2.05) is 0 Å². The lowest BCUT2D eigenvalue weighted by molar-refractivity contribution is -0.121. The van der Waals surface area contributed by atoms with E-state index in [2.05, 4.69) is 5.32 Å². The average Bonchev–Trinajstić information content (AvgIpc) is 2.88. The number of carboxylic acid groups (broad SMARTS) is 1. The molecule has 1 aliphatic rings. The summed E-state index contributed by atoms with van der Waals surface area (Å²) in [5, 5.41) is 19.8. The van der Waals surface area contributed by atoms with Gasteiger partial charge in [-0.15, -0.1) is 0 Å². The van der Waals surface area contributed by atoms with Gasteiger partial charge in [0.25, 0.3) is 5.24 Å². The van der Waals surface area contributed by atoms with Gasteiger partial charge in [0.15, 0.2) is 0 Å². The maximum Gasteiger partial charge on any atom is 0.337 e. The van der Waals surface area contributed by atoms with E-state index < -0.39 is 28.3 Å². The van der Waals surface area contributed by atoms with Crippen molar-refractivity contribution < 1.29 is 29.4 Å². The van der Waals surface area contributed by atoms with Crippen molar-refractivity contribution in [2.45, 2.75) is 18.6 Å². The highest BCUT2D eigenvalue weighted by molar-refractivity contribution is 8.15. The molecule has 2 aromatic rings. The van der Waals surface area contributed by atoms with E-state index in [4.69, 9.17) is 0 Å². The lowest BCUT2D eigenvalue weighted by Gasteiger charge is -2.14. The number of benzene rings is 2. The summed E-state index contributed by atoms with van der Waals surface area (Å²) in [6.45, 7) is 1.75. The monoisotopic (exact) mass is 400 g/mol. The highest BCUT2D eigenvalue weighted by atomic mass is 32.2. The van der Waals surface area contributed by atoms with E-state index in [0.29, 0.717) is 11.8 Å². The molecule has 8 nitrogen and oxygen atoms in total. The lowest BCUT2D eigenvalue weighted by Crippen LogP contribution is -2.33.